The zero-order valence-electron chi connectivity index (χ0n) is 6.83. The average molecular weight is 335 g/mol. The van der Waals surface area contributed by atoms with Crippen LogP contribution in [0, 0.1) is 3.57 Å². The maximum atomic E-state index is 12.3. The van der Waals surface area contributed by atoms with Crippen LogP contribution in [0.15, 0.2) is 12.1 Å². The molecule has 0 radical (unpaired) electrons. The number of nitrogens with two attached hydrogens (primary N) is 1. The van der Waals surface area contributed by atoms with Crippen molar-refractivity contribution in [2.75, 3.05) is 0 Å². The predicted molar refractivity (Wildman–Crippen MR) is 57.1 cm³/mol. The van der Waals surface area contributed by atoms with Gasteiger partial charge in [0.2, 0.25) is 0 Å². The Morgan fingerprint density at radius 3 is 2.36 bits per heavy atom. The molecule has 0 atom stereocenters. The lowest BCUT2D eigenvalue weighted by Gasteiger charge is -2.10. The number of hydrogen-bond donors (Lipinski definition) is 1. The maximum absolute atomic E-state index is 12.3. The van der Waals surface area contributed by atoms with Crippen molar-refractivity contribution in [3.8, 4) is 0 Å². The first-order valence-corrected chi connectivity index (χ1v) is 5.07. The molecule has 1 rings (SSSR count). The molecule has 2 N–H and O–H groups in total. The highest BCUT2D eigenvalue weighted by Crippen LogP contribution is 2.34. The van der Waals surface area contributed by atoms with E-state index >= 15 is 0 Å². The molecule has 0 aliphatic carbocycles. The van der Waals surface area contributed by atoms with Crippen LogP contribution in [0.4, 0.5) is 13.2 Å². The maximum Gasteiger partial charge on any atom is 0.416 e. The number of rotatable bonds is 1. The second-order valence-electron chi connectivity index (χ2n) is 2.63. The van der Waals surface area contributed by atoms with Crippen molar-refractivity contribution in [3.05, 3.63) is 31.9 Å². The molecule has 0 spiro atoms. The molecule has 1 nitrogen and oxygen atoms in total. The Morgan fingerprint density at radius 2 is 1.93 bits per heavy atom. The SMILES string of the molecule is NCc1cc(C(F)(F)F)cc(I)c1Cl. The van der Waals surface area contributed by atoms with Crippen LogP contribution in [0.5, 0.6) is 0 Å². The Hall–Kier alpha value is -0.0100. The van der Waals surface area contributed by atoms with E-state index in [-0.39, 0.29) is 6.54 Å². The second-order valence-corrected chi connectivity index (χ2v) is 4.17. The number of alkyl halides is 3. The standard InChI is InChI=1S/C8H6ClF3IN/c9-7-4(3-14)1-5(2-6(7)13)8(10,11)12/h1-2H,3,14H2. The van der Waals surface area contributed by atoms with Crippen molar-refractivity contribution in [1.82, 2.24) is 0 Å². The van der Waals surface area contributed by atoms with Crippen molar-refractivity contribution in [1.29, 1.82) is 0 Å². The lowest BCUT2D eigenvalue weighted by molar-refractivity contribution is -0.137. The monoisotopic (exact) mass is 335 g/mol. The summed E-state index contributed by atoms with van der Waals surface area (Å²) in [6.45, 7) is -0.00124. The van der Waals surface area contributed by atoms with E-state index in [0.717, 1.165) is 12.1 Å². The highest BCUT2D eigenvalue weighted by atomic mass is 127. The number of hydrogen-bond acceptors (Lipinski definition) is 1. The molecular weight excluding hydrogens is 329 g/mol. The Kier molecular flexibility index (Phi) is 3.65. The molecule has 0 fully saturated rings. The van der Waals surface area contributed by atoms with Crippen LogP contribution in [0.1, 0.15) is 11.1 Å². The van der Waals surface area contributed by atoms with Crippen LogP contribution in [0.2, 0.25) is 5.02 Å². The Balaban J connectivity index is 3.30. The Bertz CT molecular complexity index is 351. The number of benzene rings is 1. The summed E-state index contributed by atoms with van der Waals surface area (Å²) in [5.41, 5.74) is 4.87. The van der Waals surface area contributed by atoms with Gasteiger partial charge in [0.1, 0.15) is 0 Å². The normalized spacial score (nSPS) is 11.9. The first-order valence-electron chi connectivity index (χ1n) is 3.61. The van der Waals surface area contributed by atoms with Gasteiger partial charge in [0.25, 0.3) is 0 Å². The minimum atomic E-state index is -4.35. The molecule has 0 heterocycles. The minimum Gasteiger partial charge on any atom is -0.326 e. The summed E-state index contributed by atoms with van der Waals surface area (Å²) in [4.78, 5) is 0. The van der Waals surface area contributed by atoms with Gasteiger partial charge in [-0.25, -0.2) is 0 Å². The summed E-state index contributed by atoms with van der Waals surface area (Å²) >= 11 is 7.51. The van der Waals surface area contributed by atoms with E-state index in [9.17, 15) is 13.2 Å². The largest absolute Gasteiger partial charge is 0.416 e. The van der Waals surface area contributed by atoms with E-state index in [2.05, 4.69) is 0 Å². The molecule has 1 aromatic carbocycles. The van der Waals surface area contributed by atoms with Gasteiger partial charge in [-0.05, 0) is 40.3 Å². The fourth-order valence-electron chi connectivity index (χ4n) is 0.958. The van der Waals surface area contributed by atoms with E-state index < -0.39 is 11.7 Å². The van der Waals surface area contributed by atoms with E-state index in [1.807, 2.05) is 0 Å². The molecule has 0 bridgehead atoms. The third-order valence-electron chi connectivity index (χ3n) is 1.65. The first-order chi connectivity index (χ1) is 6.36. The summed E-state index contributed by atoms with van der Waals surface area (Å²) in [7, 11) is 0. The van der Waals surface area contributed by atoms with Gasteiger partial charge >= 0.3 is 6.18 Å². The summed E-state index contributed by atoms with van der Waals surface area (Å²) in [6.07, 6.45) is -4.35. The van der Waals surface area contributed by atoms with Crippen LogP contribution in [0.25, 0.3) is 0 Å². The molecule has 0 amide bonds. The molecule has 0 aliphatic heterocycles. The zero-order chi connectivity index (χ0) is 10.9. The van der Waals surface area contributed by atoms with Crippen LogP contribution >= 0.6 is 34.2 Å². The minimum absolute atomic E-state index is 0.00124. The molecule has 0 aliphatic rings. The quantitative estimate of drug-likeness (QED) is 0.782. The molecule has 78 valence electrons. The van der Waals surface area contributed by atoms with Gasteiger partial charge in [-0.1, -0.05) is 11.6 Å². The molecule has 0 aromatic heterocycles. The molecule has 0 unspecified atom stereocenters. The Morgan fingerprint density at radius 1 is 1.36 bits per heavy atom. The number of halogens is 5. The van der Waals surface area contributed by atoms with Crippen LogP contribution in [-0.4, -0.2) is 0 Å². The van der Waals surface area contributed by atoms with Crippen LogP contribution in [-0.2, 0) is 12.7 Å². The van der Waals surface area contributed by atoms with Gasteiger partial charge in [-0.3, -0.25) is 0 Å². The van der Waals surface area contributed by atoms with Crippen LogP contribution < -0.4 is 5.73 Å². The molecule has 0 saturated heterocycles. The first kappa shape index (κ1) is 12.1. The smallest absolute Gasteiger partial charge is 0.326 e. The molecule has 0 saturated carbocycles. The third kappa shape index (κ3) is 2.52. The van der Waals surface area contributed by atoms with Crippen molar-refractivity contribution < 1.29 is 13.2 Å². The van der Waals surface area contributed by atoms with Crippen molar-refractivity contribution in [2.24, 2.45) is 5.73 Å². The van der Waals surface area contributed by atoms with Crippen molar-refractivity contribution in [2.45, 2.75) is 12.7 Å². The van der Waals surface area contributed by atoms with E-state index in [1.54, 1.807) is 22.6 Å². The molecule has 14 heavy (non-hydrogen) atoms. The third-order valence-corrected chi connectivity index (χ3v) is 3.27. The van der Waals surface area contributed by atoms with E-state index in [0.29, 0.717) is 14.2 Å². The zero-order valence-corrected chi connectivity index (χ0v) is 9.74. The molecular formula is C8H6ClF3IN. The van der Waals surface area contributed by atoms with Crippen LogP contribution in [0.3, 0.4) is 0 Å². The summed E-state index contributed by atoms with van der Waals surface area (Å²) in [5.74, 6) is 0. The molecule has 1 aromatic rings. The van der Waals surface area contributed by atoms with Gasteiger partial charge in [0, 0.05) is 10.1 Å². The predicted octanol–water partition coefficient (Wildman–Crippen LogP) is 3.42. The van der Waals surface area contributed by atoms with Gasteiger partial charge in [-0.2, -0.15) is 13.2 Å². The van der Waals surface area contributed by atoms with E-state index in [1.165, 1.54) is 0 Å². The van der Waals surface area contributed by atoms with Gasteiger partial charge in [-0.15, -0.1) is 0 Å². The van der Waals surface area contributed by atoms with E-state index in [4.69, 9.17) is 17.3 Å². The summed E-state index contributed by atoms with van der Waals surface area (Å²) in [5, 5.41) is 0.293. The fraction of sp³-hybridized carbons (Fsp3) is 0.250. The van der Waals surface area contributed by atoms with Crippen molar-refractivity contribution in [3.63, 3.8) is 0 Å². The van der Waals surface area contributed by atoms with Crippen molar-refractivity contribution >= 4 is 34.2 Å². The topological polar surface area (TPSA) is 26.0 Å². The van der Waals surface area contributed by atoms with Gasteiger partial charge in [0.15, 0.2) is 0 Å². The summed E-state index contributed by atoms with van der Waals surface area (Å²) < 4.78 is 37.3. The fourth-order valence-corrected chi connectivity index (χ4v) is 1.83. The lowest BCUT2D eigenvalue weighted by Crippen LogP contribution is -2.08. The van der Waals surface area contributed by atoms with Gasteiger partial charge < -0.3 is 5.73 Å². The lowest BCUT2D eigenvalue weighted by atomic mass is 10.1. The highest BCUT2D eigenvalue weighted by molar-refractivity contribution is 14.1. The van der Waals surface area contributed by atoms with Gasteiger partial charge in [0.05, 0.1) is 10.6 Å². The Labute approximate surface area is 97.6 Å². The highest BCUT2D eigenvalue weighted by Gasteiger charge is 2.31. The molecule has 6 heteroatoms. The second kappa shape index (κ2) is 4.24. The average Bonchev–Trinajstić information content (AvgIpc) is 2.07. The summed E-state index contributed by atoms with van der Waals surface area (Å²) in [6, 6.07) is 1.98.